The van der Waals surface area contributed by atoms with Crippen molar-refractivity contribution >= 4 is 39.5 Å². The van der Waals surface area contributed by atoms with Crippen LogP contribution in [-0.2, 0) is 10.9 Å². The van der Waals surface area contributed by atoms with Gasteiger partial charge < -0.3 is 20.5 Å². The Bertz CT molecular complexity index is 1190. The zero-order chi connectivity index (χ0) is 24.3. The number of hydrogen-bond acceptors (Lipinski definition) is 7. The van der Waals surface area contributed by atoms with E-state index in [1.165, 1.54) is 51.3 Å². The molecule has 6 nitrogen and oxygen atoms in total. The Hall–Kier alpha value is -3.53. The van der Waals surface area contributed by atoms with Crippen LogP contribution in [-0.4, -0.2) is 18.9 Å². The second-order valence-corrected chi connectivity index (χ2v) is 8.18. The average molecular weight is 478 g/mol. The maximum atomic E-state index is 13.4. The second-order valence-electron chi connectivity index (χ2n) is 7.12. The summed E-state index contributed by atoms with van der Waals surface area (Å²) in [5, 5.41) is 3.49. The molecule has 0 spiro atoms. The fourth-order valence-electron chi connectivity index (χ4n) is 3.15. The molecule has 0 fully saturated rings. The summed E-state index contributed by atoms with van der Waals surface area (Å²) in [5.74, 6) is -0.766. The minimum Gasteiger partial charge on any atom is -0.484 e. The zero-order valence-electron chi connectivity index (χ0n) is 17.9. The number of benzene rings is 2. The quantitative estimate of drug-likeness (QED) is 0.238. The first-order chi connectivity index (χ1) is 15.5. The number of nitrogens with two attached hydrogens (primary N) is 1. The maximum absolute atomic E-state index is 13.4. The van der Waals surface area contributed by atoms with Crippen molar-refractivity contribution in [3.05, 3.63) is 70.1 Å². The number of esters is 1. The first kappa shape index (κ1) is 24.1. The molecule has 33 heavy (non-hydrogen) atoms. The molecule has 1 atom stereocenters. The number of carbonyl (C=O) groups excluding carboxylic acids is 2. The van der Waals surface area contributed by atoms with Crippen molar-refractivity contribution < 1.29 is 32.2 Å². The molecule has 0 saturated carbocycles. The molecular formula is C23H21F3N2O4S. The normalized spacial score (nSPS) is 12.2. The molecule has 0 saturated heterocycles. The molecule has 0 aliphatic rings. The van der Waals surface area contributed by atoms with Gasteiger partial charge in [0, 0.05) is 17.2 Å². The van der Waals surface area contributed by atoms with Crippen LogP contribution in [0.5, 0.6) is 5.75 Å². The van der Waals surface area contributed by atoms with Gasteiger partial charge in [-0.25, -0.2) is 4.79 Å². The Morgan fingerprint density at radius 3 is 2.42 bits per heavy atom. The first-order valence-corrected chi connectivity index (χ1v) is 10.5. The third-order valence-corrected chi connectivity index (χ3v) is 5.80. The van der Waals surface area contributed by atoms with E-state index in [1.54, 1.807) is 12.1 Å². The number of rotatable bonds is 7. The Morgan fingerprint density at radius 1 is 1.12 bits per heavy atom. The summed E-state index contributed by atoms with van der Waals surface area (Å²) in [7, 11) is 1.19. The van der Waals surface area contributed by atoms with Gasteiger partial charge in [-0.15, -0.1) is 11.3 Å². The van der Waals surface area contributed by atoms with Crippen molar-refractivity contribution in [2.45, 2.75) is 26.1 Å². The molecular weight excluding hydrogens is 457 g/mol. The SMILES string of the molecule is COC(=O)c1sc(Nc2ccc(C(C)=O)cc2N)cc1O[C@H](C)c1ccccc1C(F)(F)F. The number of carbonyl (C=O) groups is 2. The van der Waals surface area contributed by atoms with Crippen LogP contribution >= 0.6 is 11.3 Å². The van der Waals surface area contributed by atoms with Crippen molar-refractivity contribution in [2.75, 3.05) is 18.2 Å². The Labute approximate surface area is 192 Å². The van der Waals surface area contributed by atoms with Crippen LogP contribution in [0.1, 0.15) is 51.1 Å². The number of anilines is 3. The highest BCUT2D eigenvalue weighted by Gasteiger charge is 2.35. The lowest BCUT2D eigenvalue weighted by molar-refractivity contribution is -0.139. The van der Waals surface area contributed by atoms with Crippen LogP contribution in [0.4, 0.5) is 29.5 Å². The highest BCUT2D eigenvalue weighted by molar-refractivity contribution is 7.18. The standard InChI is InChI=1S/C23H21F3N2O4S/c1-12(29)14-8-9-18(17(27)10-14)28-20-11-19(21(33-20)22(30)31-3)32-13(2)15-6-4-5-7-16(15)23(24,25)26/h4-11,13,28H,27H2,1-3H3/t13-/m1/s1. The summed E-state index contributed by atoms with van der Waals surface area (Å²) in [6.45, 7) is 2.89. The van der Waals surface area contributed by atoms with Crippen LogP contribution in [0.25, 0.3) is 0 Å². The molecule has 0 unspecified atom stereocenters. The van der Waals surface area contributed by atoms with E-state index in [9.17, 15) is 22.8 Å². The smallest absolute Gasteiger partial charge is 0.416 e. The predicted octanol–water partition coefficient (Wildman–Crippen LogP) is 6.22. The molecule has 2 aromatic carbocycles. The molecule has 3 N–H and O–H groups in total. The molecule has 3 rings (SSSR count). The third kappa shape index (κ3) is 5.46. The van der Waals surface area contributed by atoms with Gasteiger partial charge >= 0.3 is 12.1 Å². The van der Waals surface area contributed by atoms with Crippen molar-refractivity contribution in [1.29, 1.82) is 0 Å². The molecule has 1 heterocycles. The van der Waals surface area contributed by atoms with Gasteiger partial charge in [0.25, 0.3) is 0 Å². The minimum absolute atomic E-state index is 0.0643. The van der Waals surface area contributed by atoms with E-state index in [2.05, 4.69) is 5.32 Å². The molecule has 0 radical (unpaired) electrons. The number of thiophene rings is 1. The molecule has 0 bridgehead atoms. The van der Waals surface area contributed by atoms with Gasteiger partial charge in [-0.05, 0) is 38.1 Å². The lowest BCUT2D eigenvalue weighted by Crippen LogP contribution is -2.14. The van der Waals surface area contributed by atoms with Gasteiger partial charge in [0.15, 0.2) is 10.7 Å². The van der Waals surface area contributed by atoms with Crippen LogP contribution in [0.3, 0.4) is 0 Å². The number of nitrogen functional groups attached to an aromatic ring is 1. The van der Waals surface area contributed by atoms with E-state index in [1.807, 2.05) is 0 Å². The summed E-state index contributed by atoms with van der Waals surface area (Å²) >= 11 is 0.998. The summed E-state index contributed by atoms with van der Waals surface area (Å²) in [4.78, 5) is 23.9. The van der Waals surface area contributed by atoms with Crippen molar-refractivity contribution in [1.82, 2.24) is 0 Å². The fraction of sp³-hybridized carbons (Fsp3) is 0.217. The molecule has 1 aromatic heterocycles. The Kier molecular flexibility index (Phi) is 6.97. The Balaban J connectivity index is 1.92. The molecule has 3 aromatic rings. The molecule has 0 aliphatic heterocycles. The first-order valence-electron chi connectivity index (χ1n) is 9.73. The van der Waals surface area contributed by atoms with Gasteiger partial charge in [-0.1, -0.05) is 18.2 Å². The zero-order valence-corrected chi connectivity index (χ0v) is 18.8. The number of methoxy groups -OCH3 is 1. The lowest BCUT2D eigenvalue weighted by atomic mass is 10.0. The Morgan fingerprint density at radius 2 is 1.82 bits per heavy atom. The lowest BCUT2D eigenvalue weighted by Gasteiger charge is -2.19. The summed E-state index contributed by atoms with van der Waals surface area (Å²) in [5.41, 5.74) is 6.37. The molecule has 0 aliphatic carbocycles. The number of halogens is 3. The van der Waals surface area contributed by atoms with E-state index < -0.39 is 23.8 Å². The van der Waals surface area contributed by atoms with Crippen molar-refractivity contribution in [3.63, 3.8) is 0 Å². The summed E-state index contributed by atoms with van der Waals surface area (Å²) < 4.78 is 50.8. The number of nitrogens with one attached hydrogen (secondary N) is 1. The summed E-state index contributed by atoms with van der Waals surface area (Å²) in [6.07, 6.45) is -5.56. The van der Waals surface area contributed by atoms with Crippen LogP contribution in [0.15, 0.2) is 48.5 Å². The number of ketones is 1. The monoisotopic (exact) mass is 478 g/mol. The maximum Gasteiger partial charge on any atom is 0.416 e. The van der Waals surface area contributed by atoms with Gasteiger partial charge in [-0.3, -0.25) is 4.79 Å². The average Bonchev–Trinajstić information content (AvgIpc) is 3.15. The van der Waals surface area contributed by atoms with E-state index in [0.717, 1.165) is 17.4 Å². The van der Waals surface area contributed by atoms with Gasteiger partial charge in [0.2, 0.25) is 0 Å². The highest BCUT2D eigenvalue weighted by Crippen LogP contribution is 2.40. The third-order valence-electron chi connectivity index (χ3n) is 4.79. The van der Waals surface area contributed by atoms with Crippen molar-refractivity contribution in [3.8, 4) is 5.75 Å². The van der Waals surface area contributed by atoms with E-state index >= 15 is 0 Å². The second kappa shape index (κ2) is 9.53. The van der Waals surface area contributed by atoms with E-state index in [-0.39, 0.29) is 22.0 Å². The number of Topliss-reactive ketones (excluding diaryl/α,β-unsaturated/α-hetero) is 1. The van der Waals surface area contributed by atoms with Gasteiger partial charge in [-0.2, -0.15) is 13.2 Å². The molecule has 10 heteroatoms. The molecule has 174 valence electrons. The van der Waals surface area contributed by atoms with Crippen LogP contribution in [0.2, 0.25) is 0 Å². The van der Waals surface area contributed by atoms with Gasteiger partial charge in [0.1, 0.15) is 11.9 Å². The summed E-state index contributed by atoms with van der Waals surface area (Å²) in [6, 6.07) is 11.3. The van der Waals surface area contributed by atoms with Crippen molar-refractivity contribution in [2.24, 2.45) is 0 Å². The van der Waals surface area contributed by atoms with Crippen LogP contribution in [0, 0.1) is 0 Å². The molecule has 0 amide bonds. The van der Waals surface area contributed by atoms with E-state index in [0.29, 0.717) is 21.9 Å². The minimum atomic E-state index is -4.55. The number of hydrogen-bond donors (Lipinski definition) is 2. The largest absolute Gasteiger partial charge is 0.484 e. The number of alkyl halides is 3. The number of ether oxygens (including phenoxy) is 2. The highest BCUT2D eigenvalue weighted by atomic mass is 32.1. The van der Waals surface area contributed by atoms with Crippen LogP contribution < -0.4 is 15.8 Å². The fourth-order valence-corrected chi connectivity index (χ4v) is 4.07. The van der Waals surface area contributed by atoms with E-state index in [4.69, 9.17) is 15.2 Å². The topological polar surface area (TPSA) is 90.7 Å². The van der Waals surface area contributed by atoms with Gasteiger partial charge in [0.05, 0.1) is 29.0 Å². The predicted molar refractivity (Wildman–Crippen MR) is 120 cm³/mol.